The minimum Gasteiger partial charge on any atom is -0.444 e. The molecule has 0 aliphatic carbocycles. The van der Waals surface area contributed by atoms with Crippen molar-refractivity contribution in [3.8, 4) is 0 Å². The highest BCUT2D eigenvalue weighted by molar-refractivity contribution is 5.81. The van der Waals surface area contributed by atoms with E-state index >= 15 is 0 Å². The van der Waals surface area contributed by atoms with E-state index < -0.39 is 17.7 Å². The molecular weight excluding hydrogens is 270 g/mol. The number of nitrogens with zero attached hydrogens (tertiary/aromatic N) is 1. The minimum atomic E-state index is -0.567. The molecular formula is C16H21NO4. The first-order valence-electron chi connectivity index (χ1n) is 7.00. The van der Waals surface area contributed by atoms with Gasteiger partial charge in [0, 0.05) is 0 Å². The van der Waals surface area contributed by atoms with Gasteiger partial charge >= 0.3 is 6.09 Å². The zero-order valence-corrected chi connectivity index (χ0v) is 12.6. The van der Waals surface area contributed by atoms with Gasteiger partial charge in [0.05, 0.1) is 19.3 Å². The van der Waals surface area contributed by atoms with E-state index in [-0.39, 0.29) is 6.04 Å². The van der Waals surface area contributed by atoms with E-state index in [1.54, 1.807) is 20.8 Å². The van der Waals surface area contributed by atoms with Gasteiger partial charge in [0.1, 0.15) is 17.9 Å². The van der Waals surface area contributed by atoms with Crippen LogP contribution in [0.15, 0.2) is 30.3 Å². The van der Waals surface area contributed by atoms with E-state index in [0.29, 0.717) is 13.2 Å². The van der Waals surface area contributed by atoms with Crippen molar-refractivity contribution in [2.75, 3.05) is 6.61 Å². The van der Waals surface area contributed by atoms with E-state index in [2.05, 4.69) is 0 Å². The van der Waals surface area contributed by atoms with Crippen LogP contribution in [-0.4, -0.2) is 41.6 Å². The maximum atomic E-state index is 11.9. The van der Waals surface area contributed by atoms with E-state index in [1.807, 2.05) is 30.3 Å². The second-order valence-electron chi connectivity index (χ2n) is 6.08. The molecule has 0 saturated carbocycles. The average Bonchev–Trinajstić information content (AvgIpc) is 3.11. The van der Waals surface area contributed by atoms with Crippen molar-refractivity contribution in [1.29, 1.82) is 0 Å². The molecule has 0 spiro atoms. The molecule has 114 valence electrons. The summed E-state index contributed by atoms with van der Waals surface area (Å²) in [7, 11) is 0. The molecule has 1 heterocycles. The number of benzene rings is 1. The van der Waals surface area contributed by atoms with Gasteiger partial charge in [-0.25, -0.2) is 4.79 Å². The van der Waals surface area contributed by atoms with Gasteiger partial charge in [-0.2, -0.15) is 0 Å². The molecule has 5 nitrogen and oxygen atoms in total. The summed E-state index contributed by atoms with van der Waals surface area (Å²) >= 11 is 0. The highest BCUT2D eigenvalue weighted by Gasteiger charge is 2.52. The van der Waals surface area contributed by atoms with Gasteiger partial charge in [0.25, 0.3) is 0 Å². The standard InChI is InChI=1S/C16H21NO4/c1-16(2,3)21-15(19)17-13(9-18)14(17)11-20-10-12-7-5-4-6-8-12/h4-9,13-14H,10-11H2,1-3H3/t13-,14+,17?/m0/s1. The molecule has 1 amide bonds. The van der Waals surface area contributed by atoms with E-state index in [1.165, 1.54) is 4.90 Å². The Balaban J connectivity index is 1.81. The summed E-state index contributed by atoms with van der Waals surface area (Å²) in [6.45, 7) is 6.18. The van der Waals surface area contributed by atoms with Gasteiger partial charge in [-0.15, -0.1) is 0 Å². The first kappa shape index (κ1) is 15.5. The Bertz CT molecular complexity index is 495. The normalized spacial score (nSPS) is 21.0. The van der Waals surface area contributed by atoms with Crippen molar-refractivity contribution in [1.82, 2.24) is 4.90 Å². The second-order valence-corrected chi connectivity index (χ2v) is 6.08. The van der Waals surface area contributed by atoms with Crippen LogP contribution in [0.3, 0.4) is 0 Å². The molecule has 21 heavy (non-hydrogen) atoms. The summed E-state index contributed by atoms with van der Waals surface area (Å²) in [5.41, 5.74) is 0.493. The maximum Gasteiger partial charge on any atom is 0.411 e. The Hall–Kier alpha value is -1.88. The predicted molar refractivity (Wildman–Crippen MR) is 77.8 cm³/mol. The van der Waals surface area contributed by atoms with Gasteiger partial charge in [-0.3, -0.25) is 4.90 Å². The van der Waals surface area contributed by atoms with Gasteiger partial charge in [-0.1, -0.05) is 30.3 Å². The third kappa shape index (κ3) is 4.29. The molecule has 1 fully saturated rings. The van der Waals surface area contributed by atoms with Crippen LogP contribution in [0.1, 0.15) is 26.3 Å². The van der Waals surface area contributed by atoms with Crippen molar-refractivity contribution in [2.45, 2.75) is 45.1 Å². The monoisotopic (exact) mass is 291 g/mol. The highest BCUT2D eigenvalue weighted by Crippen LogP contribution is 2.29. The van der Waals surface area contributed by atoms with Crippen LogP contribution in [0.25, 0.3) is 0 Å². The molecule has 1 aromatic carbocycles. The molecule has 0 unspecified atom stereocenters. The van der Waals surface area contributed by atoms with Crippen LogP contribution >= 0.6 is 0 Å². The molecule has 5 heteroatoms. The molecule has 2 atom stereocenters. The topological polar surface area (TPSA) is 55.6 Å². The highest BCUT2D eigenvalue weighted by atomic mass is 16.6. The van der Waals surface area contributed by atoms with E-state index in [9.17, 15) is 9.59 Å². The van der Waals surface area contributed by atoms with Crippen molar-refractivity contribution in [2.24, 2.45) is 0 Å². The molecule has 0 radical (unpaired) electrons. The van der Waals surface area contributed by atoms with Gasteiger partial charge in [0.2, 0.25) is 0 Å². The molecule has 1 saturated heterocycles. The first-order valence-corrected chi connectivity index (χ1v) is 7.00. The summed E-state index contributed by atoms with van der Waals surface area (Å²) < 4.78 is 10.8. The number of hydrogen-bond acceptors (Lipinski definition) is 4. The van der Waals surface area contributed by atoms with E-state index in [4.69, 9.17) is 9.47 Å². The second kappa shape index (κ2) is 6.26. The zero-order chi connectivity index (χ0) is 15.5. The first-order chi connectivity index (χ1) is 9.92. The number of aldehydes is 1. The fourth-order valence-electron chi connectivity index (χ4n) is 2.08. The van der Waals surface area contributed by atoms with Crippen molar-refractivity contribution >= 4 is 12.4 Å². The Kier molecular flexibility index (Phi) is 4.63. The van der Waals surface area contributed by atoms with Crippen LogP contribution in [0.5, 0.6) is 0 Å². The van der Waals surface area contributed by atoms with Crippen molar-refractivity contribution in [3.63, 3.8) is 0 Å². The van der Waals surface area contributed by atoms with Crippen molar-refractivity contribution in [3.05, 3.63) is 35.9 Å². The van der Waals surface area contributed by atoms with E-state index in [0.717, 1.165) is 11.8 Å². The largest absolute Gasteiger partial charge is 0.444 e. The third-order valence-corrected chi connectivity index (χ3v) is 3.13. The Morgan fingerprint density at radius 3 is 2.52 bits per heavy atom. The fourth-order valence-corrected chi connectivity index (χ4v) is 2.08. The van der Waals surface area contributed by atoms with Crippen LogP contribution in [0.2, 0.25) is 0 Å². The molecule has 1 aliphatic rings. The number of hydrogen-bond donors (Lipinski definition) is 0. The molecule has 1 aliphatic heterocycles. The Morgan fingerprint density at radius 2 is 1.95 bits per heavy atom. The quantitative estimate of drug-likeness (QED) is 0.617. The third-order valence-electron chi connectivity index (χ3n) is 3.13. The van der Waals surface area contributed by atoms with Crippen LogP contribution < -0.4 is 0 Å². The summed E-state index contributed by atoms with van der Waals surface area (Å²) in [5.74, 6) is 0. The lowest BCUT2D eigenvalue weighted by molar-refractivity contribution is -0.108. The number of rotatable bonds is 5. The minimum absolute atomic E-state index is 0.221. The van der Waals surface area contributed by atoms with Crippen molar-refractivity contribution < 1.29 is 19.1 Å². The molecule has 0 N–H and O–H groups in total. The Morgan fingerprint density at radius 1 is 1.29 bits per heavy atom. The molecule has 1 aromatic rings. The lowest BCUT2D eigenvalue weighted by Gasteiger charge is -2.20. The smallest absolute Gasteiger partial charge is 0.411 e. The summed E-state index contributed by atoms with van der Waals surface area (Å²) in [6.07, 6.45) is 0.299. The molecule has 0 aromatic heterocycles. The average molecular weight is 291 g/mol. The lowest BCUT2D eigenvalue weighted by atomic mass is 10.2. The maximum absolute atomic E-state index is 11.9. The van der Waals surface area contributed by atoms with Gasteiger partial charge in [-0.05, 0) is 26.3 Å². The number of carbonyl (C=O) groups excluding carboxylic acids is 2. The van der Waals surface area contributed by atoms with Gasteiger partial charge in [0.15, 0.2) is 0 Å². The lowest BCUT2D eigenvalue weighted by Crippen LogP contribution is -2.29. The summed E-state index contributed by atoms with van der Waals surface area (Å²) in [6, 6.07) is 9.10. The van der Waals surface area contributed by atoms with Crippen LogP contribution in [0, 0.1) is 0 Å². The van der Waals surface area contributed by atoms with Gasteiger partial charge < -0.3 is 14.3 Å². The number of amides is 1. The molecule has 0 bridgehead atoms. The number of ether oxygens (including phenoxy) is 2. The molecule has 2 rings (SSSR count). The SMILES string of the molecule is CC(C)(C)OC(=O)N1[C@H](COCc2ccccc2)[C@@H]1C=O. The summed E-state index contributed by atoms with van der Waals surface area (Å²) in [4.78, 5) is 24.3. The zero-order valence-electron chi connectivity index (χ0n) is 12.6. The predicted octanol–water partition coefficient (Wildman–Crippen LogP) is 2.39. The summed E-state index contributed by atoms with van der Waals surface area (Å²) in [5, 5.41) is 0. The van der Waals surface area contributed by atoms with Crippen LogP contribution in [-0.2, 0) is 20.9 Å². The van der Waals surface area contributed by atoms with Crippen LogP contribution in [0.4, 0.5) is 4.79 Å². The fraction of sp³-hybridized carbons (Fsp3) is 0.500. The Labute approximate surface area is 124 Å². The number of carbonyl (C=O) groups is 2.